The van der Waals surface area contributed by atoms with Crippen LogP contribution < -0.4 is 9.46 Å². The molecule has 1 N–H and O–H groups in total. The summed E-state index contributed by atoms with van der Waals surface area (Å²) < 4.78 is 45.9. The number of rotatable bonds is 3. The molecular formula is C16H15FN2O3S. The van der Waals surface area contributed by atoms with E-state index in [9.17, 15) is 12.8 Å². The molecule has 1 unspecified atom stereocenters. The van der Waals surface area contributed by atoms with E-state index in [1.54, 1.807) is 37.3 Å². The topological polar surface area (TPSA) is 67.8 Å². The summed E-state index contributed by atoms with van der Waals surface area (Å²) in [7, 11) is -2.16. The van der Waals surface area contributed by atoms with Crippen molar-refractivity contribution < 1.29 is 17.5 Å². The van der Waals surface area contributed by atoms with Gasteiger partial charge in [-0.2, -0.15) is 0 Å². The van der Waals surface area contributed by atoms with Gasteiger partial charge in [0, 0.05) is 5.56 Å². The van der Waals surface area contributed by atoms with Gasteiger partial charge < -0.3 is 4.74 Å². The van der Waals surface area contributed by atoms with Crippen LogP contribution in [0.4, 0.5) is 4.39 Å². The Morgan fingerprint density at radius 3 is 2.65 bits per heavy atom. The van der Waals surface area contributed by atoms with Crippen molar-refractivity contribution in [1.29, 1.82) is 0 Å². The third-order valence-corrected chi connectivity index (χ3v) is 5.03. The molecule has 0 bridgehead atoms. The maximum Gasteiger partial charge on any atom is 0.263 e. The van der Waals surface area contributed by atoms with Crippen LogP contribution in [-0.2, 0) is 10.0 Å². The van der Waals surface area contributed by atoms with Gasteiger partial charge in [-0.1, -0.05) is 18.2 Å². The van der Waals surface area contributed by atoms with E-state index in [4.69, 9.17) is 4.74 Å². The first-order chi connectivity index (χ1) is 10.9. The summed E-state index contributed by atoms with van der Waals surface area (Å²) in [6, 6.07) is 10.4. The minimum Gasteiger partial charge on any atom is -0.496 e. The fraction of sp³-hybridized carbons (Fsp3) is 0.188. The molecule has 7 heteroatoms. The third-order valence-electron chi connectivity index (χ3n) is 3.64. The van der Waals surface area contributed by atoms with Crippen molar-refractivity contribution in [1.82, 2.24) is 4.72 Å². The van der Waals surface area contributed by atoms with E-state index in [1.807, 2.05) is 0 Å². The Morgan fingerprint density at radius 1 is 1.17 bits per heavy atom. The Kier molecular flexibility index (Phi) is 3.81. The highest BCUT2D eigenvalue weighted by atomic mass is 32.2. The van der Waals surface area contributed by atoms with E-state index < -0.39 is 21.9 Å². The standard InChI is InChI=1S/C16H15FN2O3S/c1-10(15-12(17)7-5-8-13(15)22-2)18-16-11-6-3-4-9-14(11)23(20,21)19-16/h3-10H,1-2H3,(H,18,19). The first-order valence-corrected chi connectivity index (χ1v) is 8.45. The molecule has 0 amide bonds. The number of fused-ring (bicyclic) bond motifs is 1. The maximum absolute atomic E-state index is 14.1. The van der Waals surface area contributed by atoms with Gasteiger partial charge in [0.15, 0.2) is 0 Å². The Balaban J connectivity index is 2.07. The van der Waals surface area contributed by atoms with Crippen molar-refractivity contribution >= 4 is 15.9 Å². The highest BCUT2D eigenvalue weighted by Gasteiger charge is 2.31. The number of amidine groups is 1. The van der Waals surface area contributed by atoms with Crippen LogP contribution in [0.25, 0.3) is 0 Å². The third kappa shape index (κ3) is 2.68. The number of benzene rings is 2. The molecule has 0 saturated carbocycles. The van der Waals surface area contributed by atoms with Gasteiger partial charge in [-0.15, -0.1) is 0 Å². The molecule has 2 aromatic rings. The number of hydrogen-bond acceptors (Lipinski definition) is 4. The number of sulfonamides is 1. The molecular weight excluding hydrogens is 319 g/mol. The Morgan fingerprint density at radius 2 is 1.91 bits per heavy atom. The summed E-state index contributed by atoms with van der Waals surface area (Å²) in [5, 5.41) is 0. The van der Waals surface area contributed by atoms with E-state index in [0.717, 1.165) is 0 Å². The summed E-state index contributed by atoms with van der Waals surface area (Å²) in [5.74, 6) is 0.129. The van der Waals surface area contributed by atoms with E-state index in [-0.39, 0.29) is 16.3 Å². The van der Waals surface area contributed by atoms with E-state index in [1.165, 1.54) is 19.2 Å². The molecule has 1 atom stereocenters. The first-order valence-electron chi connectivity index (χ1n) is 6.96. The zero-order chi connectivity index (χ0) is 16.6. The van der Waals surface area contributed by atoms with Gasteiger partial charge in [0.25, 0.3) is 10.0 Å². The monoisotopic (exact) mass is 334 g/mol. The molecule has 23 heavy (non-hydrogen) atoms. The van der Waals surface area contributed by atoms with Crippen molar-refractivity contribution in [2.45, 2.75) is 17.9 Å². The van der Waals surface area contributed by atoms with E-state index in [2.05, 4.69) is 9.71 Å². The lowest BCUT2D eigenvalue weighted by atomic mass is 10.1. The summed E-state index contributed by atoms with van der Waals surface area (Å²) in [6.07, 6.45) is 0. The SMILES string of the molecule is COc1cccc(F)c1C(C)N=C1NS(=O)(=O)c2ccccc21. The minimum absolute atomic E-state index is 0.173. The molecule has 2 aromatic carbocycles. The molecule has 0 aliphatic carbocycles. The molecule has 0 spiro atoms. The lowest BCUT2D eigenvalue weighted by molar-refractivity contribution is 0.401. The highest BCUT2D eigenvalue weighted by molar-refractivity contribution is 7.90. The van der Waals surface area contributed by atoms with Gasteiger partial charge >= 0.3 is 0 Å². The number of methoxy groups -OCH3 is 1. The summed E-state index contributed by atoms with van der Waals surface area (Å²) in [4.78, 5) is 4.53. The molecule has 3 rings (SSSR count). The predicted molar refractivity (Wildman–Crippen MR) is 84.7 cm³/mol. The number of nitrogens with one attached hydrogen (secondary N) is 1. The second-order valence-electron chi connectivity index (χ2n) is 5.11. The van der Waals surface area contributed by atoms with Crippen LogP contribution in [0.1, 0.15) is 24.1 Å². The molecule has 5 nitrogen and oxygen atoms in total. The van der Waals surface area contributed by atoms with Gasteiger partial charge in [-0.3, -0.25) is 9.71 Å². The quantitative estimate of drug-likeness (QED) is 0.938. The average Bonchev–Trinajstić information content (AvgIpc) is 2.78. The second-order valence-corrected chi connectivity index (χ2v) is 6.76. The lowest BCUT2D eigenvalue weighted by Gasteiger charge is -2.14. The molecule has 0 radical (unpaired) electrons. The van der Waals surface area contributed by atoms with E-state index >= 15 is 0 Å². The zero-order valence-electron chi connectivity index (χ0n) is 12.6. The lowest BCUT2D eigenvalue weighted by Crippen LogP contribution is -2.22. The van der Waals surface area contributed by atoms with Crippen molar-refractivity contribution in [3.05, 3.63) is 59.4 Å². The van der Waals surface area contributed by atoms with Gasteiger partial charge in [0.2, 0.25) is 0 Å². The number of halogens is 1. The van der Waals surface area contributed by atoms with Crippen molar-refractivity contribution in [3.63, 3.8) is 0 Å². The Bertz CT molecular complexity index is 894. The fourth-order valence-corrected chi connectivity index (χ4v) is 3.83. The van der Waals surface area contributed by atoms with Crippen LogP contribution in [-0.4, -0.2) is 21.4 Å². The minimum atomic E-state index is -3.61. The van der Waals surface area contributed by atoms with Gasteiger partial charge in [0.05, 0.1) is 23.6 Å². The number of hydrogen-bond donors (Lipinski definition) is 1. The summed E-state index contributed by atoms with van der Waals surface area (Å²) in [5.41, 5.74) is 0.765. The van der Waals surface area contributed by atoms with Crippen molar-refractivity contribution in [2.75, 3.05) is 7.11 Å². The highest BCUT2D eigenvalue weighted by Crippen LogP contribution is 2.31. The van der Waals surface area contributed by atoms with Crippen LogP contribution >= 0.6 is 0 Å². The molecule has 0 fully saturated rings. The Hall–Kier alpha value is -2.41. The van der Waals surface area contributed by atoms with Crippen LogP contribution in [0.15, 0.2) is 52.4 Å². The maximum atomic E-state index is 14.1. The smallest absolute Gasteiger partial charge is 0.263 e. The molecule has 1 aliphatic rings. The number of ether oxygens (including phenoxy) is 1. The van der Waals surface area contributed by atoms with Gasteiger partial charge in [-0.25, -0.2) is 12.8 Å². The molecule has 0 aromatic heterocycles. The molecule has 1 aliphatic heterocycles. The van der Waals surface area contributed by atoms with Crippen molar-refractivity contribution in [2.24, 2.45) is 4.99 Å². The average molecular weight is 334 g/mol. The molecule has 0 saturated heterocycles. The number of aliphatic imine (C=N–C) groups is 1. The van der Waals surface area contributed by atoms with Crippen LogP contribution in [0.5, 0.6) is 5.75 Å². The fourth-order valence-electron chi connectivity index (χ4n) is 2.59. The second kappa shape index (κ2) is 5.66. The normalized spacial score (nSPS) is 18.3. The Labute approximate surface area is 133 Å². The van der Waals surface area contributed by atoms with Gasteiger partial charge in [0.1, 0.15) is 17.4 Å². The van der Waals surface area contributed by atoms with E-state index in [0.29, 0.717) is 11.3 Å². The van der Waals surface area contributed by atoms with Crippen LogP contribution in [0.3, 0.4) is 0 Å². The summed E-state index contributed by atoms with van der Waals surface area (Å²) in [6.45, 7) is 1.68. The van der Waals surface area contributed by atoms with Gasteiger partial charge in [-0.05, 0) is 31.2 Å². The van der Waals surface area contributed by atoms with Crippen LogP contribution in [0.2, 0.25) is 0 Å². The largest absolute Gasteiger partial charge is 0.496 e. The zero-order valence-corrected chi connectivity index (χ0v) is 13.4. The van der Waals surface area contributed by atoms with Crippen molar-refractivity contribution in [3.8, 4) is 5.75 Å². The molecule has 120 valence electrons. The summed E-state index contributed by atoms with van der Waals surface area (Å²) >= 11 is 0. The molecule has 1 heterocycles. The number of nitrogens with zero attached hydrogens (tertiary/aromatic N) is 1. The van der Waals surface area contributed by atoms with Crippen LogP contribution in [0, 0.1) is 5.82 Å². The first kappa shape index (κ1) is 15.5. The predicted octanol–water partition coefficient (Wildman–Crippen LogP) is 2.63.